The smallest absolute Gasteiger partial charge is 0.407 e. The van der Waals surface area contributed by atoms with Crippen molar-refractivity contribution in [1.29, 1.82) is 0 Å². The zero-order valence-electron chi connectivity index (χ0n) is 15.4. The lowest BCUT2D eigenvalue weighted by atomic mass is 9.93. The predicted molar refractivity (Wildman–Crippen MR) is 106 cm³/mol. The summed E-state index contributed by atoms with van der Waals surface area (Å²) in [6.45, 7) is 13.6. The quantitative estimate of drug-likeness (QED) is 0.306. The fraction of sp³-hybridized carbons (Fsp3) is 0.875. The SMILES string of the molecule is CN=C(NCCCNC(=O)OC(C)(C)C)N1CCC(C)(C)C1.I. The Morgan fingerprint density at radius 2 is 1.87 bits per heavy atom. The van der Waals surface area contributed by atoms with E-state index in [1.165, 1.54) is 6.42 Å². The van der Waals surface area contributed by atoms with Gasteiger partial charge >= 0.3 is 6.09 Å². The summed E-state index contributed by atoms with van der Waals surface area (Å²) < 4.78 is 5.19. The molecule has 1 saturated heterocycles. The van der Waals surface area contributed by atoms with Gasteiger partial charge in [0.25, 0.3) is 0 Å². The van der Waals surface area contributed by atoms with Crippen molar-refractivity contribution in [2.75, 3.05) is 33.2 Å². The Morgan fingerprint density at radius 1 is 1.26 bits per heavy atom. The normalized spacial score (nSPS) is 17.5. The number of alkyl carbamates (subject to hydrolysis) is 1. The number of amides is 1. The van der Waals surface area contributed by atoms with Gasteiger partial charge in [0, 0.05) is 33.2 Å². The molecule has 1 fully saturated rings. The first-order valence-corrected chi connectivity index (χ1v) is 8.05. The van der Waals surface area contributed by atoms with Crippen molar-refractivity contribution >= 4 is 36.0 Å². The van der Waals surface area contributed by atoms with Gasteiger partial charge in [-0.15, -0.1) is 24.0 Å². The maximum Gasteiger partial charge on any atom is 0.407 e. The van der Waals surface area contributed by atoms with E-state index in [0.29, 0.717) is 12.0 Å². The number of carbonyl (C=O) groups is 1. The molecule has 136 valence electrons. The van der Waals surface area contributed by atoms with Gasteiger partial charge in [-0.3, -0.25) is 4.99 Å². The molecule has 0 atom stereocenters. The van der Waals surface area contributed by atoms with E-state index in [0.717, 1.165) is 32.0 Å². The zero-order valence-corrected chi connectivity index (χ0v) is 17.7. The molecule has 1 aliphatic rings. The summed E-state index contributed by atoms with van der Waals surface area (Å²) in [6.07, 6.45) is 1.65. The number of likely N-dealkylation sites (tertiary alicyclic amines) is 1. The summed E-state index contributed by atoms with van der Waals surface area (Å²) in [5.74, 6) is 0.947. The average molecular weight is 440 g/mol. The molecule has 0 aromatic heterocycles. The molecule has 0 bridgehead atoms. The van der Waals surface area contributed by atoms with Crippen molar-refractivity contribution < 1.29 is 9.53 Å². The monoisotopic (exact) mass is 440 g/mol. The number of nitrogens with zero attached hydrogens (tertiary/aromatic N) is 2. The Balaban J connectivity index is 0.00000484. The topological polar surface area (TPSA) is 66.0 Å². The second kappa shape index (κ2) is 9.54. The number of aliphatic imine (C=N–C) groups is 1. The summed E-state index contributed by atoms with van der Waals surface area (Å²) >= 11 is 0. The molecule has 0 saturated carbocycles. The molecule has 1 amide bonds. The molecule has 7 heteroatoms. The van der Waals surface area contributed by atoms with Gasteiger partial charge in [0.2, 0.25) is 0 Å². The van der Waals surface area contributed by atoms with E-state index in [9.17, 15) is 4.79 Å². The van der Waals surface area contributed by atoms with Crippen LogP contribution in [0.1, 0.15) is 47.5 Å². The Kier molecular flexibility index (Phi) is 9.24. The van der Waals surface area contributed by atoms with Gasteiger partial charge in [-0.25, -0.2) is 4.79 Å². The number of carbonyl (C=O) groups excluding carboxylic acids is 1. The maximum absolute atomic E-state index is 11.5. The van der Waals surface area contributed by atoms with Crippen LogP contribution in [0.2, 0.25) is 0 Å². The van der Waals surface area contributed by atoms with Crippen molar-refractivity contribution in [3.63, 3.8) is 0 Å². The van der Waals surface area contributed by atoms with Gasteiger partial charge in [-0.1, -0.05) is 13.8 Å². The molecule has 0 aliphatic carbocycles. The first-order valence-electron chi connectivity index (χ1n) is 8.05. The number of hydrogen-bond donors (Lipinski definition) is 2. The number of rotatable bonds is 4. The highest BCUT2D eigenvalue weighted by atomic mass is 127. The van der Waals surface area contributed by atoms with Crippen LogP contribution < -0.4 is 10.6 Å². The van der Waals surface area contributed by atoms with Gasteiger partial charge < -0.3 is 20.3 Å². The third-order valence-electron chi connectivity index (χ3n) is 3.49. The largest absolute Gasteiger partial charge is 0.444 e. The minimum absolute atomic E-state index is 0. The van der Waals surface area contributed by atoms with Crippen LogP contribution in [0.15, 0.2) is 4.99 Å². The molecule has 1 heterocycles. The zero-order chi connectivity index (χ0) is 16.8. The van der Waals surface area contributed by atoms with E-state index in [4.69, 9.17) is 4.74 Å². The van der Waals surface area contributed by atoms with Crippen molar-refractivity contribution in [2.24, 2.45) is 10.4 Å². The standard InChI is InChI=1S/C16H32N4O2.HI/c1-15(2,3)22-14(21)19-10-7-9-18-13(17-6)20-11-8-16(4,5)12-20;/h7-12H2,1-6H3,(H,17,18)(H,19,21);1H. The molecule has 1 aliphatic heterocycles. The summed E-state index contributed by atoms with van der Waals surface area (Å²) in [7, 11) is 1.81. The molecule has 2 N–H and O–H groups in total. The highest BCUT2D eigenvalue weighted by molar-refractivity contribution is 14.0. The predicted octanol–water partition coefficient (Wildman–Crippen LogP) is 2.83. The van der Waals surface area contributed by atoms with Crippen LogP contribution in [0.25, 0.3) is 0 Å². The van der Waals surface area contributed by atoms with Gasteiger partial charge in [0.15, 0.2) is 5.96 Å². The Bertz CT molecular complexity index is 405. The van der Waals surface area contributed by atoms with E-state index >= 15 is 0 Å². The van der Waals surface area contributed by atoms with E-state index in [-0.39, 0.29) is 30.1 Å². The lowest BCUT2D eigenvalue weighted by Gasteiger charge is -2.23. The van der Waals surface area contributed by atoms with E-state index < -0.39 is 5.60 Å². The lowest BCUT2D eigenvalue weighted by molar-refractivity contribution is 0.0527. The summed E-state index contributed by atoms with van der Waals surface area (Å²) in [5, 5.41) is 6.11. The molecular formula is C16H33IN4O2. The molecule has 0 radical (unpaired) electrons. The minimum atomic E-state index is -0.451. The fourth-order valence-corrected chi connectivity index (χ4v) is 2.42. The highest BCUT2D eigenvalue weighted by Gasteiger charge is 2.30. The fourth-order valence-electron chi connectivity index (χ4n) is 2.42. The summed E-state index contributed by atoms with van der Waals surface area (Å²) in [5.41, 5.74) is -0.0944. The molecule has 0 aromatic rings. The van der Waals surface area contributed by atoms with Crippen LogP contribution in [0, 0.1) is 5.41 Å². The van der Waals surface area contributed by atoms with Gasteiger partial charge in [0.05, 0.1) is 0 Å². The van der Waals surface area contributed by atoms with E-state index in [1.807, 2.05) is 27.8 Å². The molecule has 0 spiro atoms. The maximum atomic E-state index is 11.5. The van der Waals surface area contributed by atoms with E-state index in [2.05, 4.69) is 34.4 Å². The van der Waals surface area contributed by atoms with Crippen LogP contribution >= 0.6 is 24.0 Å². The van der Waals surface area contributed by atoms with Crippen molar-refractivity contribution in [1.82, 2.24) is 15.5 Å². The number of ether oxygens (including phenoxy) is 1. The molecular weight excluding hydrogens is 407 g/mol. The van der Waals surface area contributed by atoms with Crippen LogP contribution in [-0.2, 0) is 4.74 Å². The number of nitrogens with one attached hydrogen (secondary N) is 2. The van der Waals surface area contributed by atoms with E-state index in [1.54, 1.807) is 0 Å². The molecule has 6 nitrogen and oxygen atoms in total. The van der Waals surface area contributed by atoms with Gasteiger partial charge in [-0.05, 0) is 39.0 Å². The second-order valence-electron chi connectivity index (χ2n) is 7.59. The van der Waals surface area contributed by atoms with Crippen LogP contribution in [-0.4, -0.2) is 55.8 Å². The summed E-state index contributed by atoms with van der Waals surface area (Å²) in [4.78, 5) is 18.1. The number of halogens is 1. The van der Waals surface area contributed by atoms with Gasteiger partial charge in [0.1, 0.15) is 5.60 Å². The third kappa shape index (κ3) is 9.22. The van der Waals surface area contributed by atoms with Crippen molar-refractivity contribution in [2.45, 2.75) is 53.1 Å². The Morgan fingerprint density at radius 3 is 2.35 bits per heavy atom. The van der Waals surface area contributed by atoms with Crippen molar-refractivity contribution in [3.05, 3.63) is 0 Å². The number of guanidine groups is 1. The minimum Gasteiger partial charge on any atom is -0.444 e. The van der Waals surface area contributed by atoms with Crippen molar-refractivity contribution in [3.8, 4) is 0 Å². The van der Waals surface area contributed by atoms with Gasteiger partial charge in [-0.2, -0.15) is 0 Å². The molecule has 0 aromatic carbocycles. The highest BCUT2D eigenvalue weighted by Crippen LogP contribution is 2.28. The van der Waals surface area contributed by atoms with Crippen LogP contribution in [0.4, 0.5) is 4.79 Å². The Hall–Kier alpha value is -0.730. The first kappa shape index (κ1) is 22.3. The molecule has 1 rings (SSSR count). The lowest BCUT2D eigenvalue weighted by Crippen LogP contribution is -2.42. The van der Waals surface area contributed by atoms with Crippen LogP contribution in [0.3, 0.4) is 0 Å². The second-order valence-corrected chi connectivity index (χ2v) is 7.59. The Labute approximate surface area is 157 Å². The van der Waals surface area contributed by atoms with Crippen LogP contribution in [0.5, 0.6) is 0 Å². The number of hydrogen-bond acceptors (Lipinski definition) is 3. The third-order valence-corrected chi connectivity index (χ3v) is 3.49. The average Bonchev–Trinajstić information content (AvgIpc) is 2.72. The summed E-state index contributed by atoms with van der Waals surface area (Å²) in [6, 6.07) is 0. The first-order chi connectivity index (χ1) is 10.1. The molecule has 0 unspecified atom stereocenters. The molecule has 23 heavy (non-hydrogen) atoms.